The Bertz CT molecular complexity index is 396. The fraction of sp³-hybridized carbons (Fsp3) is 0.200. The standard InChI is InChI=1S/C10H9FO5.2H3N/c11-6-1-3-7(4-2-6)16-8(10(14)15)5-9(12)13;;/h1-4,8H,5H2,(H,12,13)(H,14,15);2*1H3/t8-;;/m0../s1. The van der Waals surface area contributed by atoms with E-state index in [1.165, 1.54) is 12.1 Å². The average Bonchev–Trinajstić information content (AvgIpc) is 2.19. The lowest BCUT2D eigenvalue weighted by Gasteiger charge is -2.20. The van der Waals surface area contributed by atoms with E-state index in [4.69, 9.17) is 4.74 Å². The van der Waals surface area contributed by atoms with Crippen molar-refractivity contribution in [2.24, 2.45) is 0 Å². The number of benzene rings is 1. The van der Waals surface area contributed by atoms with Crippen LogP contribution in [0.15, 0.2) is 24.3 Å². The van der Waals surface area contributed by atoms with Crippen molar-refractivity contribution in [2.45, 2.75) is 12.5 Å². The van der Waals surface area contributed by atoms with Gasteiger partial charge in [0, 0.05) is 12.4 Å². The molecule has 8 N–H and O–H groups in total. The number of rotatable bonds is 5. The fourth-order valence-electron chi connectivity index (χ4n) is 1.00. The Labute approximate surface area is 102 Å². The van der Waals surface area contributed by atoms with E-state index in [2.05, 4.69) is 0 Å². The molecule has 0 saturated heterocycles. The summed E-state index contributed by atoms with van der Waals surface area (Å²) in [7, 11) is 0. The maximum atomic E-state index is 12.5. The first-order valence-electron chi connectivity index (χ1n) is 4.32. The highest BCUT2D eigenvalue weighted by Gasteiger charge is 2.12. The van der Waals surface area contributed by atoms with Crippen molar-refractivity contribution >= 4 is 11.9 Å². The van der Waals surface area contributed by atoms with Gasteiger partial charge in [0.1, 0.15) is 17.7 Å². The Morgan fingerprint density at radius 2 is 1.67 bits per heavy atom. The predicted octanol–water partition coefficient (Wildman–Crippen LogP) is -0.785. The Morgan fingerprint density at radius 1 is 1.17 bits per heavy atom. The van der Waals surface area contributed by atoms with Gasteiger partial charge in [0.15, 0.2) is 0 Å². The van der Waals surface area contributed by atoms with Crippen molar-refractivity contribution < 1.29 is 28.9 Å². The molecule has 0 spiro atoms. The molecule has 7 nitrogen and oxygen atoms in total. The van der Waals surface area contributed by atoms with Gasteiger partial charge in [-0.25, -0.2) is 4.39 Å². The van der Waals surface area contributed by atoms with E-state index in [1.807, 2.05) is 0 Å². The summed E-state index contributed by atoms with van der Waals surface area (Å²) in [6.45, 7) is 0. The Hall–Kier alpha value is -2.19. The van der Waals surface area contributed by atoms with E-state index >= 15 is 0 Å². The summed E-state index contributed by atoms with van der Waals surface area (Å²) in [5, 5.41) is 20.7. The molecular weight excluding hydrogens is 247 g/mol. The zero-order chi connectivity index (χ0) is 12.1. The minimum atomic E-state index is -1.67. The molecule has 0 unspecified atom stereocenters. The van der Waals surface area contributed by atoms with E-state index in [0.717, 1.165) is 12.1 Å². The van der Waals surface area contributed by atoms with Crippen LogP contribution in [0.5, 0.6) is 5.75 Å². The van der Waals surface area contributed by atoms with Crippen molar-refractivity contribution in [3.05, 3.63) is 30.1 Å². The summed E-state index contributed by atoms with van der Waals surface area (Å²) in [5.41, 5.74) is 0. The van der Waals surface area contributed by atoms with Crippen LogP contribution < -0.4 is 27.3 Å². The number of quaternary nitrogens is 2. The number of ether oxygens (including phenoxy) is 1. The van der Waals surface area contributed by atoms with E-state index in [-0.39, 0.29) is 18.1 Å². The summed E-state index contributed by atoms with van der Waals surface area (Å²) >= 11 is 0. The van der Waals surface area contributed by atoms with Crippen molar-refractivity contribution in [1.29, 1.82) is 0 Å². The molecule has 0 amide bonds. The van der Waals surface area contributed by atoms with Gasteiger partial charge >= 0.3 is 0 Å². The smallest absolute Gasteiger partial charge is 0.143 e. The number of aliphatic carboxylic acids is 2. The van der Waals surface area contributed by atoms with Gasteiger partial charge in [-0.05, 0) is 24.3 Å². The third-order valence-electron chi connectivity index (χ3n) is 1.71. The van der Waals surface area contributed by atoms with Gasteiger partial charge in [-0.3, -0.25) is 0 Å². The lowest BCUT2D eigenvalue weighted by Crippen LogP contribution is -2.43. The van der Waals surface area contributed by atoms with Crippen LogP contribution in [0.3, 0.4) is 0 Å². The molecule has 0 aliphatic rings. The molecule has 102 valence electrons. The topological polar surface area (TPSA) is 162 Å². The van der Waals surface area contributed by atoms with Crippen LogP contribution in [-0.2, 0) is 9.59 Å². The molecule has 18 heavy (non-hydrogen) atoms. The summed E-state index contributed by atoms with van der Waals surface area (Å²) in [6, 6.07) is 4.47. The minimum absolute atomic E-state index is 0. The van der Waals surface area contributed by atoms with E-state index in [1.54, 1.807) is 0 Å². The van der Waals surface area contributed by atoms with Crippen molar-refractivity contribution in [3.8, 4) is 5.75 Å². The van der Waals surface area contributed by atoms with Crippen molar-refractivity contribution in [1.82, 2.24) is 12.3 Å². The van der Waals surface area contributed by atoms with Crippen LogP contribution in [-0.4, -0.2) is 18.0 Å². The molecule has 0 fully saturated rings. The molecule has 0 aliphatic carbocycles. The number of carbonyl (C=O) groups excluding carboxylic acids is 2. The quantitative estimate of drug-likeness (QED) is 0.709. The van der Waals surface area contributed by atoms with Gasteiger partial charge in [-0.2, -0.15) is 0 Å². The molecule has 1 aromatic carbocycles. The maximum absolute atomic E-state index is 12.5. The van der Waals surface area contributed by atoms with E-state index in [0.29, 0.717) is 0 Å². The van der Waals surface area contributed by atoms with Crippen LogP contribution in [0.2, 0.25) is 0 Å². The number of carboxylic acid groups (broad SMARTS) is 2. The maximum Gasteiger partial charge on any atom is 0.143 e. The highest BCUT2D eigenvalue weighted by Crippen LogP contribution is 2.13. The van der Waals surface area contributed by atoms with Gasteiger partial charge in [-0.1, -0.05) is 0 Å². The summed E-state index contributed by atoms with van der Waals surface area (Å²) < 4.78 is 17.3. The molecule has 0 saturated carbocycles. The minimum Gasteiger partial charge on any atom is -0.550 e. The molecule has 8 heteroatoms. The summed E-state index contributed by atoms with van der Waals surface area (Å²) in [6.07, 6.45) is -2.49. The van der Waals surface area contributed by atoms with Gasteiger partial charge in [0.2, 0.25) is 0 Å². The fourth-order valence-corrected chi connectivity index (χ4v) is 1.00. The Kier molecular flexibility index (Phi) is 8.06. The van der Waals surface area contributed by atoms with Crippen LogP contribution in [0.25, 0.3) is 0 Å². The second-order valence-corrected chi connectivity index (χ2v) is 2.96. The summed E-state index contributed by atoms with van der Waals surface area (Å²) in [4.78, 5) is 20.7. The predicted molar refractivity (Wildman–Crippen MR) is 57.4 cm³/mol. The third kappa shape index (κ3) is 5.77. The number of hydrogen-bond acceptors (Lipinski definition) is 5. The SMILES string of the molecule is O=C([O-])C[C@H](Oc1ccc(F)cc1)C(=O)[O-].[NH4+].[NH4+]. The first-order chi connectivity index (χ1) is 7.49. The number of carboxylic acids is 2. The molecular formula is C10H15FN2O5. The summed E-state index contributed by atoms with van der Waals surface area (Å²) in [5.74, 6) is -3.72. The van der Waals surface area contributed by atoms with Crippen molar-refractivity contribution in [3.63, 3.8) is 0 Å². The number of halogens is 1. The lowest BCUT2D eigenvalue weighted by molar-refractivity contribution is -0.322. The molecule has 0 radical (unpaired) electrons. The van der Waals surface area contributed by atoms with Gasteiger partial charge in [0.05, 0.1) is 5.97 Å². The second-order valence-electron chi connectivity index (χ2n) is 2.96. The first-order valence-corrected chi connectivity index (χ1v) is 4.32. The molecule has 0 bridgehead atoms. The molecule has 0 heterocycles. The molecule has 1 atom stereocenters. The monoisotopic (exact) mass is 262 g/mol. The van der Waals surface area contributed by atoms with Crippen LogP contribution in [0, 0.1) is 5.82 Å². The Balaban J connectivity index is 0. The molecule has 0 aromatic heterocycles. The van der Waals surface area contributed by atoms with Crippen molar-refractivity contribution in [2.75, 3.05) is 0 Å². The molecule has 0 aliphatic heterocycles. The van der Waals surface area contributed by atoms with E-state index in [9.17, 15) is 24.2 Å². The highest BCUT2D eigenvalue weighted by atomic mass is 19.1. The highest BCUT2D eigenvalue weighted by molar-refractivity contribution is 5.77. The van der Waals surface area contributed by atoms with Gasteiger partial charge in [0.25, 0.3) is 0 Å². The Morgan fingerprint density at radius 3 is 2.06 bits per heavy atom. The number of hydrogen-bond donors (Lipinski definition) is 2. The average molecular weight is 262 g/mol. The zero-order valence-corrected chi connectivity index (χ0v) is 10.0. The number of carbonyl (C=O) groups is 2. The third-order valence-corrected chi connectivity index (χ3v) is 1.71. The molecule has 1 aromatic rings. The molecule has 1 rings (SSSR count). The zero-order valence-electron chi connectivity index (χ0n) is 10.0. The largest absolute Gasteiger partial charge is 0.550 e. The van der Waals surface area contributed by atoms with Gasteiger partial charge < -0.3 is 36.8 Å². The van der Waals surface area contributed by atoms with Crippen LogP contribution in [0.4, 0.5) is 4.39 Å². The normalized spacial score (nSPS) is 10.5. The van der Waals surface area contributed by atoms with Gasteiger partial charge in [-0.15, -0.1) is 0 Å². The lowest BCUT2D eigenvalue weighted by atomic mass is 10.2. The first kappa shape index (κ1) is 18.2. The van der Waals surface area contributed by atoms with E-state index < -0.39 is 30.3 Å². The second kappa shape index (κ2) is 7.98. The van der Waals surface area contributed by atoms with Crippen LogP contribution >= 0.6 is 0 Å². The van der Waals surface area contributed by atoms with Crippen LogP contribution in [0.1, 0.15) is 6.42 Å².